The molecule has 10 heteroatoms. The number of fused-ring (bicyclic) bond motifs is 1. The number of hydrogen-bond acceptors (Lipinski definition) is 7. The van der Waals surface area contributed by atoms with Gasteiger partial charge in [0.1, 0.15) is 25.1 Å². The summed E-state index contributed by atoms with van der Waals surface area (Å²) in [7, 11) is 0. The molecule has 1 saturated heterocycles. The van der Waals surface area contributed by atoms with E-state index in [1.165, 1.54) is 24.3 Å². The zero-order valence-corrected chi connectivity index (χ0v) is 20.4. The van der Waals surface area contributed by atoms with Crippen molar-refractivity contribution >= 4 is 11.6 Å². The van der Waals surface area contributed by atoms with Crippen molar-refractivity contribution in [1.82, 2.24) is 10.2 Å². The van der Waals surface area contributed by atoms with E-state index in [2.05, 4.69) is 15.4 Å². The average Bonchev–Trinajstić information content (AvgIpc) is 2.91. The molecule has 3 aromatic carbocycles. The standard InChI is InChI=1S/C28H27F2N3O5/c29-21-8-6-18(7-9-21)17-2-4-19(5-3-17)25(32-36)28(35)31-23(16-33-10-1-11-33)26(34)20-14-22(30)27-24(15-20)37-12-13-38-27/h2-9,14-15,23,26,34,36H,1,10-13,16H2,(H,31,35)/b32-25+. The summed E-state index contributed by atoms with van der Waals surface area (Å²) in [5.41, 5.74) is 1.90. The molecule has 0 spiro atoms. The maximum absolute atomic E-state index is 14.7. The molecule has 5 rings (SSSR count). The number of carbonyl (C=O) groups excluding carboxylic acids is 1. The highest BCUT2D eigenvalue weighted by molar-refractivity contribution is 6.45. The number of oxime groups is 1. The van der Waals surface area contributed by atoms with Gasteiger partial charge in [0.2, 0.25) is 0 Å². The fourth-order valence-corrected chi connectivity index (χ4v) is 4.53. The van der Waals surface area contributed by atoms with E-state index in [9.17, 15) is 23.9 Å². The molecule has 3 N–H and O–H groups in total. The van der Waals surface area contributed by atoms with Crippen LogP contribution in [0.2, 0.25) is 0 Å². The van der Waals surface area contributed by atoms with E-state index in [0.717, 1.165) is 30.6 Å². The van der Waals surface area contributed by atoms with Crippen molar-refractivity contribution in [3.8, 4) is 22.6 Å². The van der Waals surface area contributed by atoms with E-state index in [4.69, 9.17) is 9.47 Å². The number of halogens is 2. The molecule has 38 heavy (non-hydrogen) atoms. The quantitative estimate of drug-likeness (QED) is 0.237. The summed E-state index contributed by atoms with van der Waals surface area (Å²) in [4.78, 5) is 15.3. The average molecular weight is 524 g/mol. The molecule has 1 fully saturated rings. The predicted octanol–water partition coefficient (Wildman–Crippen LogP) is 3.51. The van der Waals surface area contributed by atoms with Gasteiger partial charge in [-0.15, -0.1) is 0 Å². The number of aliphatic hydroxyl groups excluding tert-OH is 1. The van der Waals surface area contributed by atoms with Gasteiger partial charge in [0.05, 0.1) is 6.04 Å². The van der Waals surface area contributed by atoms with E-state index in [0.29, 0.717) is 12.1 Å². The van der Waals surface area contributed by atoms with Crippen molar-refractivity contribution < 1.29 is 33.4 Å². The number of amides is 1. The first-order valence-electron chi connectivity index (χ1n) is 12.3. The Balaban J connectivity index is 1.35. The van der Waals surface area contributed by atoms with E-state index in [1.54, 1.807) is 36.4 Å². The summed E-state index contributed by atoms with van der Waals surface area (Å²) >= 11 is 0. The van der Waals surface area contributed by atoms with Crippen molar-refractivity contribution in [2.45, 2.75) is 18.6 Å². The van der Waals surface area contributed by atoms with Crippen molar-refractivity contribution in [3.05, 3.63) is 83.4 Å². The minimum absolute atomic E-state index is 0.00527. The third kappa shape index (κ3) is 5.46. The number of ether oxygens (including phenoxy) is 2. The fraction of sp³-hybridized carbons (Fsp3) is 0.286. The second-order valence-electron chi connectivity index (χ2n) is 9.24. The lowest BCUT2D eigenvalue weighted by Crippen LogP contribution is -2.52. The van der Waals surface area contributed by atoms with Gasteiger partial charge in [-0.3, -0.25) is 4.79 Å². The zero-order valence-electron chi connectivity index (χ0n) is 20.4. The summed E-state index contributed by atoms with van der Waals surface area (Å²) in [6.45, 7) is 2.41. The van der Waals surface area contributed by atoms with Crippen molar-refractivity contribution in [2.24, 2.45) is 5.16 Å². The number of benzene rings is 3. The van der Waals surface area contributed by atoms with E-state index in [1.807, 2.05) is 0 Å². The number of nitrogens with zero attached hydrogens (tertiary/aromatic N) is 2. The number of rotatable bonds is 8. The fourth-order valence-electron chi connectivity index (χ4n) is 4.53. The molecule has 0 aliphatic carbocycles. The number of hydrogen-bond donors (Lipinski definition) is 3. The largest absolute Gasteiger partial charge is 0.486 e. The predicted molar refractivity (Wildman–Crippen MR) is 135 cm³/mol. The van der Waals surface area contributed by atoms with Crippen LogP contribution < -0.4 is 14.8 Å². The molecule has 0 aromatic heterocycles. The van der Waals surface area contributed by atoms with Gasteiger partial charge in [-0.2, -0.15) is 0 Å². The maximum atomic E-state index is 14.7. The third-order valence-corrected chi connectivity index (χ3v) is 6.71. The number of aliphatic hydroxyl groups is 1. The van der Waals surface area contributed by atoms with Gasteiger partial charge in [0.25, 0.3) is 5.91 Å². The third-order valence-electron chi connectivity index (χ3n) is 6.71. The Morgan fingerprint density at radius 1 is 1.00 bits per heavy atom. The molecular formula is C28H27F2N3O5. The highest BCUT2D eigenvalue weighted by atomic mass is 19.1. The van der Waals surface area contributed by atoms with Gasteiger partial charge < -0.3 is 30.0 Å². The first-order valence-corrected chi connectivity index (χ1v) is 12.3. The van der Waals surface area contributed by atoms with Crippen LogP contribution in [-0.2, 0) is 4.79 Å². The maximum Gasteiger partial charge on any atom is 0.274 e. The lowest BCUT2D eigenvalue weighted by molar-refractivity contribution is -0.116. The monoisotopic (exact) mass is 523 g/mol. The lowest BCUT2D eigenvalue weighted by Gasteiger charge is -2.36. The van der Waals surface area contributed by atoms with Crippen LogP contribution in [0.3, 0.4) is 0 Å². The van der Waals surface area contributed by atoms with Crippen LogP contribution in [-0.4, -0.2) is 65.7 Å². The van der Waals surface area contributed by atoms with Gasteiger partial charge in [-0.05, 0) is 60.5 Å². The lowest BCUT2D eigenvalue weighted by atomic mass is 9.98. The van der Waals surface area contributed by atoms with Crippen LogP contribution in [0.15, 0.2) is 65.8 Å². The Bertz CT molecular complexity index is 1330. The highest BCUT2D eigenvalue weighted by Crippen LogP contribution is 2.36. The molecule has 3 aromatic rings. The molecular weight excluding hydrogens is 496 g/mol. The van der Waals surface area contributed by atoms with Gasteiger partial charge in [0.15, 0.2) is 23.0 Å². The molecule has 2 atom stereocenters. The Labute approximate surface area is 218 Å². The van der Waals surface area contributed by atoms with Crippen molar-refractivity contribution in [3.63, 3.8) is 0 Å². The smallest absolute Gasteiger partial charge is 0.274 e. The van der Waals surface area contributed by atoms with Gasteiger partial charge in [0, 0.05) is 12.1 Å². The summed E-state index contributed by atoms with van der Waals surface area (Å²) < 4.78 is 38.7. The Kier molecular flexibility index (Phi) is 7.52. The van der Waals surface area contributed by atoms with E-state index in [-0.39, 0.29) is 41.8 Å². The van der Waals surface area contributed by atoms with E-state index >= 15 is 0 Å². The van der Waals surface area contributed by atoms with E-state index < -0.39 is 23.9 Å². The summed E-state index contributed by atoms with van der Waals surface area (Å²) in [6, 6.07) is 14.5. The topological polar surface area (TPSA) is 104 Å². The summed E-state index contributed by atoms with van der Waals surface area (Å²) in [5, 5.41) is 26.8. The van der Waals surface area contributed by atoms with Crippen molar-refractivity contribution in [2.75, 3.05) is 32.8 Å². The number of likely N-dealkylation sites (tertiary alicyclic amines) is 1. The molecule has 2 aliphatic rings. The number of nitrogens with one attached hydrogen (secondary N) is 1. The normalized spacial score (nSPS) is 16.9. The Morgan fingerprint density at radius 3 is 2.29 bits per heavy atom. The molecule has 2 unspecified atom stereocenters. The molecule has 2 aliphatic heterocycles. The molecule has 0 bridgehead atoms. The first-order chi connectivity index (χ1) is 18.4. The second kappa shape index (κ2) is 11.2. The highest BCUT2D eigenvalue weighted by Gasteiger charge is 2.31. The van der Waals surface area contributed by atoms with Crippen LogP contribution in [0.4, 0.5) is 8.78 Å². The van der Waals surface area contributed by atoms with Gasteiger partial charge >= 0.3 is 0 Å². The molecule has 1 amide bonds. The number of carbonyl (C=O) groups is 1. The summed E-state index contributed by atoms with van der Waals surface area (Å²) in [6.07, 6.45) is -0.273. The Morgan fingerprint density at radius 2 is 1.66 bits per heavy atom. The van der Waals surface area contributed by atoms with Crippen molar-refractivity contribution in [1.29, 1.82) is 0 Å². The molecule has 2 heterocycles. The van der Waals surface area contributed by atoms with Gasteiger partial charge in [-0.1, -0.05) is 41.6 Å². The first kappa shape index (κ1) is 25.6. The molecule has 0 radical (unpaired) electrons. The van der Waals surface area contributed by atoms with Crippen LogP contribution in [0.5, 0.6) is 11.5 Å². The van der Waals surface area contributed by atoms with Gasteiger partial charge in [-0.25, -0.2) is 8.78 Å². The molecule has 8 nitrogen and oxygen atoms in total. The van der Waals surface area contributed by atoms with Crippen LogP contribution >= 0.6 is 0 Å². The minimum atomic E-state index is -1.27. The summed E-state index contributed by atoms with van der Waals surface area (Å²) in [5.74, 6) is -1.52. The SMILES string of the molecule is O=C(NC(CN1CCC1)C(O)c1cc(F)c2c(c1)OCCO2)/C(=N/O)c1ccc(-c2ccc(F)cc2)cc1. The molecule has 0 saturated carbocycles. The Hall–Kier alpha value is -4.02. The minimum Gasteiger partial charge on any atom is -0.486 e. The zero-order chi connectivity index (χ0) is 26.6. The van der Waals surface area contributed by atoms with Crippen LogP contribution in [0.1, 0.15) is 23.7 Å². The second-order valence-corrected chi connectivity index (χ2v) is 9.24. The molecule has 198 valence electrons. The van der Waals surface area contributed by atoms with Crippen LogP contribution in [0, 0.1) is 11.6 Å². The van der Waals surface area contributed by atoms with Crippen LogP contribution in [0.25, 0.3) is 11.1 Å².